The van der Waals surface area contributed by atoms with Gasteiger partial charge in [0.1, 0.15) is 36.6 Å². The third kappa shape index (κ3) is 27.7. The summed E-state index contributed by atoms with van der Waals surface area (Å²) < 4.78 is 22.9. The summed E-state index contributed by atoms with van der Waals surface area (Å²) in [5, 5.41) is 74.4. The van der Waals surface area contributed by atoms with Gasteiger partial charge in [0.2, 0.25) is 5.91 Å². The van der Waals surface area contributed by atoms with Crippen LogP contribution in [-0.4, -0.2) is 108 Å². The number of carbonyl (C=O) groups is 1. The standard InChI is InChI=1S/C45H88NO12P/c1-3-5-7-9-11-13-15-16-17-18-19-20-21-23-25-27-29-31-33-38(48)37(35-57-59(55,56)58-45-43(53)41(51)40(50)42(52)44(45)54)46-39(49)34-36(47)32-30-28-26-24-22-14-12-10-8-6-4-2/h31,33,36-38,40-45,47-48,50-54H,3-30,32,34-35H2,1-2H3,(H,46,49)(H,55,56)/b33-31+. The van der Waals surface area contributed by atoms with Gasteiger partial charge in [-0.05, 0) is 19.3 Å². The maximum Gasteiger partial charge on any atom is 0.472 e. The van der Waals surface area contributed by atoms with Crippen LogP contribution in [0.5, 0.6) is 0 Å². The van der Waals surface area contributed by atoms with Crippen LogP contribution in [0.3, 0.4) is 0 Å². The van der Waals surface area contributed by atoms with Crippen molar-refractivity contribution in [3.63, 3.8) is 0 Å². The first-order chi connectivity index (χ1) is 28.3. The average Bonchev–Trinajstić information content (AvgIpc) is 3.21. The van der Waals surface area contributed by atoms with Crippen molar-refractivity contribution in [3.05, 3.63) is 12.2 Å². The zero-order valence-electron chi connectivity index (χ0n) is 36.9. The Bertz CT molecular complexity index is 1070. The Labute approximate surface area is 357 Å². The Hall–Kier alpha value is -0.960. The molecule has 0 aromatic carbocycles. The van der Waals surface area contributed by atoms with Gasteiger partial charge in [-0.2, -0.15) is 0 Å². The van der Waals surface area contributed by atoms with Gasteiger partial charge in [-0.3, -0.25) is 13.8 Å². The molecule has 0 saturated heterocycles. The van der Waals surface area contributed by atoms with E-state index in [0.29, 0.717) is 12.8 Å². The van der Waals surface area contributed by atoms with Crippen LogP contribution < -0.4 is 5.32 Å². The van der Waals surface area contributed by atoms with Crippen molar-refractivity contribution in [2.24, 2.45) is 0 Å². The van der Waals surface area contributed by atoms with E-state index in [2.05, 4.69) is 19.2 Å². The molecule has 1 saturated carbocycles. The van der Waals surface area contributed by atoms with E-state index in [0.717, 1.165) is 44.9 Å². The van der Waals surface area contributed by atoms with E-state index in [1.54, 1.807) is 6.08 Å². The predicted molar refractivity (Wildman–Crippen MR) is 234 cm³/mol. The summed E-state index contributed by atoms with van der Waals surface area (Å²) in [6.45, 7) is 3.74. The smallest absolute Gasteiger partial charge is 0.393 e. The van der Waals surface area contributed by atoms with Gasteiger partial charge in [-0.1, -0.05) is 193 Å². The zero-order chi connectivity index (χ0) is 43.7. The van der Waals surface area contributed by atoms with Gasteiger partial charge >= 0.3 is 7.82 Å². The lowest BCUT2D eigenvalue weighted by molar-refractivity contribution is -0.220. The summed E-state index contributed by atoms with van der Waals surface area (Å²) >= 11 is 0. The molecule has 0 spiro atoms. The van der Waals surface area contributed by atoms with Crippen LogP contribution >= 0.6 is 7.82 Å². The van der Waals surface area contributed by atoms with E-state index in [9.17, 15) is 50.0 Å². The van der Waals surface area contributed by atoms with Crippen molar-refractivity contribution in [3.8, 4) is 0 Å². The predicted octanol–water partition coefficient (Wildman–Crippen LogP) is 7.81. The van der Waals surface area contributed by atoms with Crippen LogP contribution in [0.1, 0.15) is 206 Å². The van der Waals surface area contributed by atoms with Crippen LogP contribution in [0.15, 0.2) is 12.2 Å². The van der Waals surface area contributed by atoms with Gasteiger partial charge in [-0.15, -0.1) is 0 Å². The summed E-state index contributed by atoms with van der Waals surface area (Å²) in [7, 11) is -5.13. The number of hydrogen-bond donors (Lipinski definition) is 9. The van der Waals surface area contributed by atoms with E-state index in [-0.39, 0.29) is 6.42 Å². The van der Waals surface area contributed by atoms with E-state index in [4.69, 9.17) is 9.05 Å². The molecule has 13 nitrogen and oxygen atoms in total. The Morgan fingerprint density at radius 3 is 1.39 bits per heavy atom. The fraction of sp³-hybridized carbons (Fsp3) is 0.933. The number of phosphoric ester groups is 1. The zero-order valence-corrected chi connectivity index (χ0v) is 37.8. The SMILES string of the molecule is CCCCCCCCCCCCCCCCCC/C=C/C(O)C(COP(=O)(O)OC1C(O)C(O)C(O)C(O)C1O)NC(=O)CC(O)CCCCCCCCCCCCC. The Kier molecular flexibility index (Phi) is 33.7. The molecule has 8 unspecified atom stereocenters. The van der Waals surface area contributed by atoms with Gasteiger partial charge in [0, 0.05) is 0 Å². The number of phosphoric acid groups is 1. The van der Waals surface area contributed by atoms with Gasteiger partial charge < -0.3 is 46.0 Å². The van der Waals surface area contributed by atoms with Gasteiger partial charge in [0.25, 0.3) is 0 Å². The number of allylic oxidation sites excluding steroid dienone is 1. The van der Waals surface area contributed by atoms with Crippen LogP contribution in [0.25, 0.3) is 0 Å². The quantitative estimate of drug-likeness (QED) is 0.0164. The number of hydrogen-bond acceptors (Lipinski definition) is 11. The lowest BCUT2D eigenvalue weighted by Gasteiger charge is -2.41. The number of unbranched alkanes of at least 4 members (excludes halogenated alkanes) is 26. The molecule has 1 aliphatic rings. The van der Waals surface area contributed by atoms with Crippen molar-refractivity contribution >= 4 is 13.7 Å². The molecule has 0 aliphatic heterocycles. The summed E-state index contributed by atoms with van der Waals surface area (Å²) in [5.74, 6) is -0.591. The van der Waals surface area contributed by atoms with Crippen molar-refractivity contribution in [1.82, 2.24) is 5.32 Å². The van der Waals surface area contributed by atoms with Crippen LogP contribution in [0.4, 0.5) is 0 Å². The van der Waals surface area contributed by atoms with E-state index in [1.807, 2.05) is 0 Å². The Morgan fingerprint density at radius 1 is 0.593 bits per heavy atom. The third-order valence-electron chi connectivity index (χ3n) is 11.6. The summed E-state index contributed by atoms with van der Waals surface area (Å²) in [4.78, 5) is 23.4. The minimum Gasteiger partial charge on any atom is -0.393 e. The van der Waals surface area contributed by atoms with E-state index < -0.39 is 75.2 Å². The number of aliphatic hydroxyl groups excluding tert-OH is 7. The third-order valence-corrected chi connectivity index (χ3v) is 12.6. The van der Waals surface area contributed by atoms with E-state index >= 15 is 0 Å². The first-order valence-electron chi connectivity index (χ1n) is 23.7. The number of aliphatic hydroxyl groups is 7. The topological polar surface area (TPSA) is 226 Å². The lowest BCUT2D eigenvalue weighted by atomic mass is 9.85. The van der Waals surface area contributed by atoms with Crippen molar-refractivity contribution in [1.29, 1.82) is 0 Å². The molecule has 1 amide bonds. The van der Waals surface area contributed by atoms with Crippen molar-refractivity contribution in [2.45, 2.75) is 261 Å². The number of nitrogens with one attached hydrogen (secondary N) is 1. The molecule has 14 heteroatoms. The minimum atomic E-state index is -5.13. The molecule has 59 heavy (non-hydrogen) atoms. The fourth-order valence-electron chi connectivity index (χ4n) is 7.71. The molecular weight excluding hydrogens is 777 g/mol. The molecule has 1 fully saturated rings. The largest absolute Gasteiger partial charge is 0.472 e. The maximum absolute atomic E-state index is 13.0. The highest BCUT2D eigenvalue weighted by Crippen LogP contribution is 2.47. The molecule has 0 bridgehead atoms. The van der Waals surface area contributed by atoms with Crippen LogP contribution in [0.2, 0.25) is 0 Å². The molecule has 1 rings (SSSR count). The molecule has 1 aliphatic carbocycles. The van der Waals surface area contributed by atoms with Crippen molar-refractivity contribution < 1.29 is 59.0 Å². The van der Waals surface area contributed by atoms with Gasteiger partial charge in [0.15, 0.2) is 0 Å². The molecule has 0 aromatic rings. The van der Waals surface area contributed by atoms with Crippen LogP contribution in [-0.2, 0) is 18.4 Å². The second-order valence-electron chi connectivity index (χ2n) is 17.2. The summed E-state index contributed by atoms with van der Waals surface area (Å²) in [6, 6.07) is -1.23. The highest BCUT2D eigenvalue weighted by Gasteiger charge is 2.51. The van der Waals surface area contributed by atoms with Crippen molar-refractivity contribution in [2.75, 3.05) is 6.61 Å². The highest BCUT2D eigenvalue weighted by atomic mass is 31.2. The molecule has 9 N–H and O–H groups in total. The number of carbonyl (C=O) groups excluding carboxylic acids is 1. The number of rotatable bonds is 39. The van der Waals surface area contributed by atoms with E-state index in [1.165, 1.54) is 134 Å². The normalized spacial score (nSPS) is 23.6. The summed E-state index contributed by atoms with van der Waals surface area (Å²) in [5.41, 5.74) is 0. The molecule has 350 valence electrons. The highest BCUT2D eigenvalue weighted by molar-refractivity contribution is 7.47. The van der Waals surface area contributed by atoms with Gasteiger partial charge in [0.05, 0.1) is 31.3 Å². The molecule has 0 radical (unpaired) electrons. The Morgan fingerprint density at radius 2 is 0.966 bits per heavy atom. The van der Waals surface area contributed by atoms with Gasteiger partial charge in [-0.25, -0.2) is 4.57 Å². The molecular formula is C45H88NO12P. The lowest BCUT2D eigenvalue weighted by Crippen LogP contribution is -2.64. The second kappa shape index (κ2) is 35.5. The molecule has 8 atom stereocenters. The molecule has 0 heterocycles. The average molecular weight is 866 g/mol. The second-order valence-corrected chi connectivity index (χ2v) is 18.6. The molecule has 0 aromatic heterocycles. The van der Waals surface area contributed by atoms with Crippen LogP contribution in [0, 0.1) is 0 Å². The minimum absolute atomic E-state index is 0.240. The fourth-order valence-corrected chi connectivity index (χ4v) is 8.68. The Balaban J connectivity index is 2.54. The first-order valence-corrected chi connectivity index (χ1v) is 25.2. The summed E-state index contributed by atoms with van der Waals surface area (Å²) in [6.07, 6.45) is 23.0. The monoisotopic (exact) mass is 866 g/mol. The first kappa shape index (κ1) is 56.1. The maximum atomic E-state index is 13.0. The number of amides is 1.